The Labute approximate surface area is 176 Å². The van der Waals surface area contributed by atoms with Crippen LogP contribution in [0.1, 0.15) is 25.5 Å². The van der Waals surface area contributed by atoms with Crippen LogP contribution in [0.15, 0.2) is 42.5 Å². The first-order chi connectivity index (χ1) is 13.6. The van der Waals surface area contributed by atoms with Gasteiger partial charge in [0.15, 0.2) is 0 Å². The van der Waals surface area contributed by atoms with Crippen LogP contribution in [0.3, 0.4) is 0 Å². The predicted molar refractivity (Wildman–Crippen MR) is 114 cm³/mol. The number of ether oxygens (including phenoxy) is 2. The quantitative estimate of drug-likeness (QED) is 0.680. The number of hydrogen-bond donors (Lipinski definition) is 1. The van der Waals surface area contributed by atoms with E-state index in [-0.39, 0.29) is 0 Å². The fraction of sp³-hybridized carbons (Fsp3) is 0.350. The van der Waals surface area contributed by atoms with Gasteiger partial charge < -0.3 is 14.8 Å². The van der Waals surface area contributed by atoms with Gasteiger partial charge in [-0.15, -0.1) is 0 Å². The first-order valence-corrected chi connectivity index (χ1v) is 11.1. The van der Waals surface area contributed by atoms with E-state index >= 15 is 0 Å². The molecule has 0 fully saturated rings. The lowest BCUT2D eigenvalue weighted by atomic mass is 10.1. The normalized spacial score (nSPS) is 13.3. The molecule has 0 unspecified atom stereocenters. The van der Waals surface area contributed by atoms with Crippen molar-refractivity contribution < 1.29 is 22.7 Å². The fourth-order valence-corrected chi connectivity index (χ4v) is 4.36. The molecule has 0 saturated carbocycles. The number of carbonyl (C=O) groups excluding carboxylic acids is 1. The summed E-state index contributed by atoms with van der Waals surface area (Å²) < 4.78 is 36.4. The largest absolute Gasteiger partial charge is 0.497 e. The van der Waals surface area contributed by atoms with Gasteiger partial charge in [0.2, 0.25) is 15.9 Å². The van der Waals surface area contributed by atoms with Gasteiger partial charge in [-0.2, -0.15) is 0 Å². The molecule has 0 aliphatic rings. The number of halogens is 1. The third-order valence-corrected chi connectivity index (χ3v) is 5.89. The van der Waals surface area contributed by atoms with Crippen LogP contribution in [0, 0.1) is 0 Å². The molecule has 0 aromatic heterocycles. The minimum Gasteiger partial charge on any atom is -0.497 e. The summed E-state index contributed by atoms with van der Waals surface area (Å²) in [6.45, 7) is 3.30. The van der Waals surface area contributed by atoms with E-state index in [0.717, 1.165) is 10.6 Å². The molecule has 0 aliphatic carbocycles. The number of sulfonamides is 1. The molecule has 29 heavy (non-hydrogen) atoms. The topological polar surface area (TPSA) is 84.9 Å². The maximum absolute atomic E-state index is 12.9. The minimum atomic E-state index is -3.73. The molecule has 2 aromatic rings. The number of rotatable bonds is 8. The number of nitrogens with one attached hydrogen (secondary N) is 1. The van der Waals surface area contributed by atoms with E-state index in [1.165, 1.54) is 20.1 Å². The molecule has 1 N–H and O–H groups in total. The van der Waals surface area contributed by atoms with Crippen molar-refractivity contribution >= 4 is 33.2 Å². The maximum atomic E-state index is 12.9. The first kappa shape index (κ1) is 22.8. The van der Waals surface area contributed by atoms with Crippen LogP contribution in [-0.4, -0.2) is 40.8 Å². The van der Waals surface area contributed by atoms with Crippen LogP contribution < -0.4 is 19.1 Å². The highest BCUT2D eigenvalue weighted by atomic mass is 35.5. The number of anilines is 1. The average molecular weight is 441 g/mol. The monoisotopic (exact) mass is 440 g/mol. The Hall–Kier alpha value is -2.45. The predicted octanol–water partition coefficient (Wildman–Crippen LogP) is 3.39. The third-order valence-electron chi connectivity index (χ3n) is 4.41. The van der Waals surface area contributed by atoms with E-state index in [1.54, 1.807) is 50.4 Å². The van der Waals surface area contributed by atoms with Gasteiger partial charge in [-0.1, -0.05) is 17.7 Å². The Morgan fingerprint density at radius 1 is 1.10 bits per heavy atom. The van der Waals surface area contributed by atoms with Crippen molar-refractivity contribution in [3.8, 4) is 11.5 Å². The summed E-state index contributed by atoms with van der Waals surface area (Å²) in [5.74, 6) is 0.737. The van der Waals surface area contributed by atoms with Crippen molar-refractivity contribution in [1.29, 1.82) is 0 Å². The molecule has 0 radical (unpaired) electrons. The molecule has 0 heterocycles. The molecule has 1 amide bonds. The average Bonchev–Trinajstić information content (AvgIpc) is 2.66. The molecular formula is C20H25ClN2O5S. The van der Waals surface area contributed by atoms with Crippen molar-refractivity contribution in [2.45, 2.75) is 25.9 Å². The van der Waals surface area contributed by atoms with Crippen molar-refractivity contribution in [2.75, 3.05) is 24.8 Å². The molecule has 0 bridgehead atoms. The van der Waals surface area contributed by atoms with Crippen LogP contribution >= 0.6 is 11.6 Å². The molecule has 7 nitrogen and oxygen atoms in total. The second-order valence-electron chi connectivity index (χ2n) is 6.55. The Morgan fingerprint density at radius 3 is 2.34 bits per heavy atom. The van der Waals surface area contributed by atoms with Crippen molar-refractivity contribution in [2.24, 2.45) is 0 Å². The lowest BCUT2D eigenvalue weighted by molar-refractivity contribution is -0.122. The third kappa shape index (κ3) is 5.55. The fourth-order valence-electron chi connectivity index (χ4n) is 3.01. The van der Waals surface area contributed by atoms with Gasteiger partial charge in [0, 0.05) is 10.6 Å². The molecule has 2 aromatic carbocycles. The summed E-state index contributed by atoms with van der Waals surface area (Å²) in [6, 6.07) is 10.2. The van der Waals surface area contributed by atoms with Gasteiger partial charge in [-0.25, -0.2) is 8.42 Å². The zero-order valence-corrected chi connectivity index (χ0v) is 18.5. The molecule has 2 rings (SSSR count). The number of hydrogen-bond acceptors (Lipinski definition) is 5. The summed E-state index contributed by atoms with van der Waals surface area (Å²) in [6.07, 6.45) is 1.05. The molecule has 158 valence electrons. The number of benzene rings is 2. The molecule has 2 atom stereocenters. The van der Waals surface area contributed by atoms with E-state index in [0.29, 0.717) is 27.8 Å². The summed E-state index contributed by atoms with van der Waals surface area (Å²) in [5, 5.41) is 3.22. The van der Waals surface area contributed by atoms with Crippen LogP contribution in [0.25, 0.3) is 0 Å². The summed E-state index contributed by atoms with van der Waals surface area (Å²) in [4.78, 5) is 12.9. The molecular weight excluding hydrogens is 416 g/mol. The maximum Gasteiger partial charge on any atom is 0.244 e. The van der Waals surface area contributed by atoms with Crippen LogP contribution in [0.2, 0.25) is 5.02 Å². The van der Waals surface area contributed by atoms with Crippen LogP contribution in [0.4, 0.5) is 5.69 Å². The highest BCUT2D eigenvalue weighted by molar-refractivity contribution is 7.92. The van der Waals surface area contributed by atoms with E-state index in [2.05, 4.69) is 5.32 Å². The summed E-state index contributed by atoms with van der Waals surface area (Å²) in [5.41, 5.74) is 1.02. The summed E-state index contributed by atoms with van der Waals surface area (Å²) >= 11 is 6.00. The van der Waals surface area contributed by atoms with Crippen molar-refractivity contribution in [1.82, 2.24) is 5.32 Å². The van der Waals surface area contributed by atoms with Gasteiger partial charge in [-0.3, -0.25) is 9.10 Å². The van der Waals surface area contributed by atoms with E-state index in [1.807, 2.05) is 0 Å². The smallest absolute Gasteiger partial charge is 0.244 e. The van der Waals surface area contributed by atoms with E-state index < -0.39 is 28.0 Å². The van der Waals surface area contributed by atoms with Gasteiger partial charge in [-0.05, 0) is 50.2 Å². The van der Waals surface area contributed by atoms with E-state index in [9.17, 15) is 13.2 Å². The molecule has 0 spiro atoms. The Kier molecular flexibility index (Phi) is 7.37. The molecule has 0 aliphatic heterocycles. The van der Waals surface area contributed by atoms with Gasteiger partial charge >= 0.3 is 0 Å². The lowest BCUT2D eigenvalue weighted by Crippen LogP contribution is -2.48. The standard InChI is InChI=1S/C20H25ClN2O5S/c1-13(18-12-17(27-3)9-10-19(18)28-4)22-20(24)14(2)23(29(5,25)26)16-8-6-7-15(21)11-16/h6-14H,1-5H3,(H,22,24)/t13-,14-/m1/s1. The highest BCUT2D eigenvalue weighted by Crippen LogP contribution is 2.30. The number of carbonyl (C=O) groups is 1. The zero-order chi connectivity index (χ0) is 21.8. The second kappa shape index (κ2) is 9.37. The Bertz CT molecular complexity index is 981. The van der Waals surface area contributed by atoms with Crippen molar-refractivity contribution in [3.05, 3.63) is 53.1 Å². The lowest BCUT2D eigenvalue weighted by Gasteiger charge is -2.29. The number of methoxy groups -OCH3 is 2. The van der Waals surface area contributed by atoms with Crippen molar-refractivity contribution in [3.63, 3.8) is 0 Å². The number of nitrogens with zero attached hydrogens (tertiary/aromatic N) is 1. The SMILES string of the molecule is COc1ccc(OC)c([C@@H](C)NC(=O)[C@@H](C)N(c2cccc(Cl)c2)S(C)(=O)=O)c1. The highest BCUT2D eigenvalue weighted by Gasteiger charge is 2.30. The second-order valence-corrected chi connectivity index (χ2v) is 8.85. The zero-order valence-electron chi connectivity index (χ0n) is 17.0. The number of amides is 1. The Morgan fingerprint density at radius 2 is 1.79 bits per heavy atom. The summed E-state index contributed by atoms with van der Waals surface area (Å²) in [7, 11) is -0.651. The Balaban J connectivity index is 2.30. The molecule has 9 heteroatoms. The minimum absolute atomic E-state index is 0.314. The van der Waals surface area contributed by atoms with Gasteiger partial charge in [0.25, 0.3) is 0 Å². The van der Waals surface area contributed by atoms with Gasteiger partial charge in [0.1, 0.15) is 17.5 Å². The van der Waals surface area contributed by atoms with E-state index in [4.69, 9.17) is 21.1 Å². The van der Waals surface area contributed by atoms with Crippen LogP contribution in [-0.2, 0) is 14.8 Å². The van der Waals surface area contributed by atoms with Gasteiger partial charge in [0.05, 0.1) is 32.2 Å². The first-order valence-electron chi connectivity index (χ1n) is 8.85. The molecule has 0 saturated heterocycles. The van der Waals surface area contributed by atoms with Crippen LogP contribution in [0.5, 0.6) is 11.5 Å².